The number of hydrogen-bond acceptors (Lipinski definition) is 7. The zero-order valence-corrected chi connectivity index (χ0v) is 21.8. The van der Waals surface area contributed by atoms with E-state index < -0.39 is 41.9 Å². The Bertz CT molecular complexity index is 1790. The summed E-state index contributed by atoms with van der Waals surface area (Å²) in [4.78, 5) is 52.5. The normalized spacial score (nSPS) is 12.0. The van der Waals surface area contributed by atoms with E-state index in [4.69, 9.17) is 0 Å². The molecule has 2 aromatic carbocycles. The van der Waals surface area contributed by atoms with E-state index in [1.54, 1.807) is 31.2 Å². The van der Waals surface area contributed by atoms with Crippen molar-refractivity contribution in [1.29, 1.82) is 0 Å². The summed E-state index contributed by atoms with van der Waals surface area (Å²) in [5.74, 6) is -1.05. The quantitative estimate of drug-likeness (QED) is 0.280. The number of aliphatic hydroxyl groups is 2. The van der Waals surface area contributed by atoms with Gasteiger partial charge in [0.15, 0.2) is 0 Å². The number of aryl methyl sites for hydroxylation is 2. The molecule has 4 aromatic rings. The Balaban J connectivity index is 2.17. The molecule has 2 heterocycles. The number of nitrogens with zero attached hydrogens (tertiary/aromatic N) is 3. The summed E-state index contributed by atoms with van der Waals surface area (Å²) in [6, 6.07) is 10.6. The van der Waals surface area contributed by atoms with Crippen molar-refractivity contribution < 1.29 is 19.4 Å². The number of halogens is 1. The molecule has 39 heavy (non-hydrogen) atoms. The van der Waals surface area contributed by atoms with E-state index in [9.17, 15) is 33.8 Å². The number of rotatable bonds is 7. The second-order valence-corrected chi connectivity index (χ2v) is 9.27. The zero-order valence-electron chi connectivity index (χ0n) is 21.8. The van der Waals surface area contributed by atoms with Crippen LogP contribution in [0.15, 0.2) is 56.8 Å². The summed E-state index contributed by atoms with van der Waals surface area (Å²) in [6.45, 7) is 3.23. The van der Waals surface area contributed by atoms with Crippen LogP contribution in [-0.2, 0) is 18.4 Å². The number of aromatic nitrogens is 3. The first-order valence-electron chi connectivity index (χ1n) is 12.0. The van der Waals surface area contributed by atoms with Gasteiger partial charge in [0.25, 0.3) is 11.1 Å². The van der Waals surface area contributed by atoms with Crippen LogP contribution in [0.4, 0.5) is 21.6 Å². The summed E-state index contributed by atoms with van der Waals surface area (Å²) in [5, 5.41) is 24.9. The Hall–Kier alpha value is -4.55. The number of hydrogen-bond donors (Lipinski definition) is 4. The molecule has 4 N–H and O–H groups in total. The highest BCUT2D eigenvalue weighted by atomic mass is 19.1. The SMILES string of the molecule is CC(=O)Nc1cccc(-n2c(=O)n(C[C@@H](O)CO)c(=O)c3c(Nc4ccc(C)cc4F)n(C)c(=O)c(C)c32)c1. The van der Waals surface area contributed by atoms with Crippen LogP contribution < -0.4 is 27.4 Å². The molecule has 1 atom stereocenters. The summed E-state index contributed by atoms with van der Waals surface area (Å²) < 4.78 is 17.8. The minimum atomic E-state index is -1.44. The van der Waals surface area contributed by atoms with Gasteiger partial charge in [-0.25, -0.2) is 9.18 Å². The molecule has 0 fully saturated rings. The maximum absolute atomic E-state index is 14.8. The van der Waals surface area contributed by atoms with Crippen LogP contribution in [0.25, 0.3) is 16.6 Å². The van der Waals surface area contributed by atoms with Gasteiger partial charge in [0.2, 0.25) is 5.91 Å². The average Bonchev–Trinajstić information content (AvgIpc) is 2.88. The number of nitrogens with one attached hydrogen (secondary N) is 2. The fourth-order valence-electron chi connectivity index (χ4n) is 4.43. The minimum Gasteiger partial charge on any atom is -0.394 e. The van der Waals surface area contributed by atoms with Gasteiger partial charge in [0.1, 0.15) is 17.0 Å². The lowest BCUT2D eigenvalue weighted by molar-refractivity contribution is -0.114. The molecule has 0 aliphatic rings. The molecule has 0 bridgehead atoms. The van der Waals surface area contributed by atoms with Crippen LogP contribution in [0.1, 0.15) is 18.1 Å². The molecule has 0 saturated heterocycles. The Labute approximate surface area is 221 Å². The Morgan fingerprint density at radius 2 is 1.79 bits per heavy atom. The second kappa shape index (κ2) is 10.7. The molecule has 11 nitrogen and oxygen atoms in total. The molecule has 0 aliphatic heterocycles. The van der Waals surface area contributed by atoms with Crippen molar-refractivity contribution in [2.24, 2.45) is 7.05 Å². The van der Waals surface area contributed by atoms with Gasteiger partial charge in [-0.1, -0.05) is 12.1 Å². The van der Waals surface area contributed by atoms with E-state index in [-0.39, 0.29) is 39.6 Å². The summed E-state index contributed by atoms with van der Waals surface area (Å²) >= 11 is 0. The standard InChI is InChI=1S/C27H28FN5O6/c1-14-8-9-21(20(28)10-14)30-24-22-23(15(2)25(37)31(24)4)33(18-7-5-6-17(11-18)29-16(3)35)27(39)32(26(22)38)12-19(36)13-34/h5-11,19,30,34,36H,12-13H2,1-4H3,(H,29,35)/t19-/m1/s1. The van der Waals surface area contributed by atoms with Crippen molar-refractivity contribution in [3.8, 4) is 5.69 Å². The van der Waals surface area contributed by atoms with Crippen molar-refractivity contribution in [1.82, 2.24) is 13.7 Å². The minimum absolute atomic E-state index is 0.00694. The predicted molar refractivity (Wildman–Crippen MR) is 146 cm³/mol. The molecule has 0 spiro atoms. The van der Waals surface area contributed by atoms with E-state index in [2.05, 4.69) is 10.6 Å². The lowest BCUT2D eigenvalue weighted by Crippen LogP contribution is -2.44. The predicted octanol–water partition coefficient (Wildman–Crippen LogP) is 1.66. The molecule has 4 rings (SSSR count). The molecule has 2 aromatic heterocycles. The maximum atomic E-state index is 14.8. The molecule has 204 valence electrons. The first-order valence-corrected chi connectivity index (χ1v) is 12.0. The Kier molecular flexibility index (Phi) is 7.52. The van der Waals surface area contributed by atoms with Crippen molar-refractivity contribution in [3.05, 3.63) is 90.6 Å². The van der Waals surface area contributed by atoms with Crippen molar-refractivity contribution in [2.45, 2.75) is 33.4 Å². The lowest BCUT2D eigenvalue weighted by Gasteiger charge is -2.21. The smallest absolute Gasteiger partial charge is 0.336 e. The van der Waals surface area contributed by atoms with Crippen molar-refractivity contribution in [2.75, 3.05) is 17.2 Å². The van der Waals surface area contributed by atoms with Crippen molar-refractivity contribution >= 4 is 34.0 Å². The van der Waals surface area contributed by atoms with E-state index in [0.29, 0.717) is 11.3 Å². The fourth-order valence-corrected chi connectivity index (χ4v) is 4.43. The van der Waals surface area contributed by atoms with Crippen LogP contribution in [0.5, 0.6) is 0 Å². The first-order chi connectivity index (χ1) is 18.4. The lowest BCUT2D eigenvalue weighted by atomic mass is 10.1. The number of fused-ring (bicyclic) bond motifs is 1. The number of pyridine rings is 1. The number of carbonyl (C=O) groups is 1. The highest BCUT2D eigenvalue weighted by Gasteiger charge is 2.24. The highest BCUT2D eigenvalue weighted by molar-refractivity contribution is 5.94. The maximum Gasteiger partial charge on any atom is 0.336 e. The molecule has 0 saturated carbocycles. The van der Waals surface area contributed by atoms with Crippen LogP contribution in [0, 0.1) is 19.7 Å². The van der Waals surface area contributed by atoms with E-state index >= 15 is 0 Å². The van der Waals surface area contributed by atoms with E-state index in [1.165, 1.54) is 39.1 Å². The number of anilines is 3. The molecule has 0 unspecified atom stereocenters. The average molecular weight is 538 g/mol. The van der Waals surface area contributed by atoms with Crippen LogP contribution >= 0.6 is 0 Å². The number of aliphatic hydroxyl groups excluding tert-OH is 2. The molecule has 0 aliphatic carbocycles. The monoisotopic (exact) mass is 537 g/mol. The zero-order chi connectivity index (χ0) is 28.6. The van der Waals surface area contributed by atoms with Gasteiger partial charge in [0, 0.05) is 25.2 Å². The van der Waals surface area contributed by atoms with Gasteiger partial charge in [0.05, 0.1) is 36.1 Å². The first kappa shape index (κ1) is 27.5. The third-order valence-electron chi connectivity index (χ3n) is 6.30. The van der Waals surface area contributed by atoms with E-state index in [0.717, 1.165) is 13.7 Å². The van der Waals surface area contributed by atoms with Gasteiger partial charge >= 0.3 is 5.69 Å². The van der Waals surface area contributed by atoms with Crippen molar-refractivity contribution in [3.63, 3.8) is 0 Å². The number of carbonyl (C=O) groups excluding carboxylic acids is 1. The Morgan fingerprint density at radius 3 is 2.44 bits per heavy atom. The molecular weight excluding hydrogens is 509 g/mol. The van der Waals surface area contributed by atoms with Gasteiger partial charge in [-0.15, -0.1) is 0 Å². The van der Waals surface area contributed by atoms with E-state index in [1.807, 2.05) is 0 Å². The largest absolute Gasteiger partial charge is 0.394 e. The topological polar surface area (TPSA) is 148 Å². The third kappa shape index (κ3) is 5.11. The highest BCUT2D eigenvalue weighted by Crippen LogP contribution is 2.27. The summed E-state index contributed by atoms with van der Waals surface area (Å²) in [5.41, 5.74) is -1.02. The summed E-state index contributed by atoms with van der Waals surface area (Å²) in [6.07, 6.45) is -1.44. The number of amides is 1. The molecular formula is C27H28FN5O6. The molecule has 1 amide bonds. The molecule has 0 radical (unpaired) electrons. The van der Waals surface area contributed by atoms with Gasteiger partial charge in [-0.05, 0) is 49.7 Å². The Morgan fingerprint density at radius 1 is 1.08 bits per heavy atom. The van der Waals surface area contributed by atoms with Gasteiger partial charge in [-0.3, -0.25) is 28.1 Å². The van der Waals surface area contributed by atoms with Crippen LogP contribution in [0.3, 0.4) is 0 Å². The fraction of sp³-hybridized carbons (Fsp3) is 0.259. The van der Waals surface area contributed by atoms with Gasteiger partial charge in [-0.2, -0.15) is 0 Å². The molecule has 12 heteroatoms. The van der Waals surface area contributed by atoms with Crippen LogP contribution in [-0.4, -0.2) is 42.5 Å². The van der Waals surface area contributed by atoms with Crippen LogP contribution in [0.2, 0.25) is 0 Å². The summed E-state index contributed by atoms with van der Waals surface area (Å²) in [7, 11) is 1.41. The number of benzene rings is 2. The van der Waals surface area contributed by atoms with Gasteiger partial charge < -0.3 is 20.8 Å². The third-order valence-corrected chi connectivity index (χ3v) is 6.30. The second-order valence-electron chi connectivity index (χ2n) is 9.27.